The molecule has 18 N–H and O–H groups in total. The molecule has 0 aromatic heterocycles. The molecule has 0 radical (unpaired) electrons. The van der Waals surface area contributed by atoms with Crippen LogP contribution < -0.4 is 44.2 Å². The maximum Gasteiger partial charge on any atom is 0.295 e. The lowest BCUT2D eigenvalue weighted by molar-refractivity contribution is 0.452. The molecule has 13 rings (SSSR count). The van der Waals surface area contributed by atoms with E-state index in [9.17, 15) is 62.1 Å². The van der Waals surface area contributed by atoms with Crippen LogP contribution in [0.5, 0.6) is 11.5 Å². The predicted octanol–water partition coefficient (Wildman–Crippen LogP) is 18.2. The Kier molecular flexibility index (Phi) is 30.3. The van der Waals surface area contributed by atoms with Gasteiger partial charge in [-0.25, -0.2) is 20.0 Å². The monoisotopic (exact) mass is 1700 g/mol. The number of azo groups is 2. The molecular formula is C86H88N16O14S4. The summed E-state index contributed by atoms with van der Waals surface area (Å²) in [6, 6.07) is 67.9. The van der Waals surface area contributed by atoms with Crippen molar-refractivity contribution in [1.29, 1.82) is 0 Å². The first-order chi connectivity index (χ1) is 56.8. The zero-order chi connectivity index (χ0) is 87.2. The average molecular weight is 1700 g/mol. The molecule has 0 bridgehead atoms. The largest absolute Gasteiger partial charge is 0.505 e. The number of hydrogen-bond donors (Lipinski definition) is 14. The van der Waals surface area contributed by atoms with E-state index in [0.29, 0.717) is 41.9 Å². The number of phenolic OH excluding ortho intramolecular Hbond substituents is 2. The van der Waals surface area contributed by atoms with E-state index < -0.39 is 71.6 Å². The Bertz CT molecular complexity index is 6110. The number of aliphatic imine (C=N–C) groups is 4. The summed E-state index contributed by atoms with van der Waals surface area (Å²) in [5.41, 5.74) is 37.5. The number of aromatic hydroxyl groups is 2. The fourth-order valence-electron chi connectivity index (χ4n) is 11.4. The van der Waals surface area contributed by atoms with Crippen LogP contribution in [0.4, 0.5) is 62.6 Å². The van der Waals surface area contributed by atoms with Gasteiger partial charge in [0.15, 0.2) is 23.8 Å². The molecule has 120 heavy (non-hydrogen) atoms. The lowest BCUT2D eigenvalue weighted by atomic mass is 9.98. The molecule has 0 aliphatic heterocycles. The van der Waals surface area contributed by atoms with Gasteiger partial charge >= 0.3 is 0 Å². The van der Waals surface area contributed by atoms with Crippen LogP contribution in [0, 0.1) is 54.4 Å². The Labute approximate surface area is 695 Å². The summed E-state index contributed by atoms with van der Waals surface area (Å²) in [5.74, 6) is 0.861. The van der Waals surface area contributed by atoms with Gasteiger partial charge in [-0.3, -0.25) is 18.2 Å². The van der Waals surface area contributed by atoms with Crippen LogP contribution in [0.15, 0.2) is 327 Å². The molecule has 30 nitrogen and oxygen atoms in total. The van der Waals surface area contributed by atoms with Crippen LogP contribution in [0.3, 0.4) is 0 Å². The Morgan fingerprint density at radius 2 is 0.625 bits per heavy atom. The number of para-hydroxylation sites is 7. The van der Waals surface area contributed by atoms with Crippen LogP contribution in [0.25, 0.3) is 21.5 Å². The van der Waals surface area contributed by atoms with E-state index >= 15 is 0 Å². The number of benzene rings is 12. The fraction of sp³-hybridized carbons (Fsp3) is 0.116. The van der Waals surface area contributed by atoms with Gasteiger partial charge in [0.25, 0.3) is 40.5 Å². The number of nitrogens with two attached hydrogens (primary N) is 4. The minimum absolute atomic E-state index is 0.0110. The summed E-state index contributed by atoms with van der Waals surface area (Å²) in [6.45, 7) is 16.3. The van der Waals surface area contributed by atoms with Gasteiger partial charge in [-0.15, -0.1) is 10.2 Å². The SMILES string of the molecule is Cc1ccccc1N=C(N)Nc1ccccc1C.Cc1ccccc1N=C(N)Nc1ccccc1C.Cc1ccccc1N=C(N)Nc1ccccc1C.Cc1ccccc1NC(N)=NC1C=CC=CC1C.O=S(=O)(O)c1cc(S(=O)(=O)O)c2cc(N=Nc3cc(N=Nc4ccc5cc(S(=O)(=O)O)cc(S(=O)(=O)O)c5c4)c(O)cc3O)ccc2c1. The lowest BCUT2D eigenvalue weighted by Crippen LogP contribution is -2.27. The lowest BCUT2D eigenvalue weighted by Gasteiger charge is -2.17. The van der Waals surface area contributed by atoms with Crippen molar-refractivity contribution in [2.24, 2.45) is 69.3 Å². The molecule has 0 spiro atoms. The zero-order valence-electron chi connectivity index (χ0n) is 66.0. The van der Waals surface area contributed by atoms with Crippen molar-refractivity contribution >= 4 is 148 Å². The average Bonchev–Trinajstić information content (AvgIpc) is 0.770. The quantitative estimate of drug-likeness (QED) is 0.0185. The van der Waals surface area contributed by atoms with Crippen LogP contribution >= 0.6 is 0 Å². The minimum Gasteiger partial charge on any atom is -0.505 e. The van der Waals surface area contributed by atoms with E-state index in [4.69, 9.17) is 22.9 Å². The summed E-state index contributed by atoms with van der Waals surface area (Å²) in [7, 11) is -19.6. The second-order valence-electron chi connectivity index (χ2n) is 27.0. The van der Waals surface area contributed by atoms with E-state index in [0.717, 1.165) is 115 Å². The standard InChI is InChI=1S/C26H18N4O14S4.C15H19N3.3C15H17N3/c31-23-12-24(32)22(30-28-16-4-2-14-6-18(46(36,37)38)10-26(20(14)8-16)48(42,43)44)11-21(23)29-27-15-3-1-13-5-17(45(33,34)35)9-25(19(13)7-15)47(39,40)41;4*1-11-7-3-5-9-13(11)17-15(16)18-14-10-6-4-8-12(14)2/h1-12,31-32H,(H,33,34,35)(H,36,37,38)(H,39,40,41)(H,42,43,44);3-11,13H,1-2H3,(H3,16,17,18);3*3-10H,1-2H3,(H3,16,17,18). The van der Waals surface area contributed by atoms with Crippen molar-refractivity contribution in [3.05, 3.63) is 306 Å². The third-order valence-electron chi connectivity index (χ3n) is 17.9. The maximum absolute atomic E-state index is 11.9. The summed E-state index contributed by atoms with van der Waals surface area (Å²) in [5, 5.41) is 48.1. The van der Waals surface area contributed by atoms with Gasteiger partial charge in [0.05, 0.1) is 44.3 Å². The second kappa shape index (κ2) is 40.3. The first kappa shape index (κ1) is 90.1. The normalized spacial score (nSPS) is 13.9. The van der Waals surface area contributed by atoms with Gasteiger partial charge in [0, 0.05) is 51.6 Å². The predicted molar refractivity (Wildman–Crippen MR) is 475 cm³/mol. The molecule has 0 heterocycles. The van der Waals surface area contributed by atoms with Crippen LogP contribution in [0.1, 0.15) is 45.9 Å². The first-order valence-corrected chi connectivity index (χ1v) is 42.2. The molecule has 1 aliphatic rings. The van der Waals surface area contributed by atoms with Crippen LogP contribution in [0.2, 0.25) is 0 Å². The fourth-order valence-corrected chi connectivity index (χ4v) is 14.1. The minimum atomic E-state index is -4.99. The number of hydrogen-bond acceptors (Lipinski definition) is 18. The molecule has 12 aromatic carbocycles. The van der Waals surface area contributed by atoms with Crippen molar-refractivity contribution in [1.82, 2.24) is 0 Å². The van der Waals surface area contributed by atoms with E-state index in [2.05, 4.69) is 80.8 Å². The number of rotatable bonds is 16. The van der Waals surface area contributed by atoms with E-state index in [-0.39, 0.29) is 50.3 Å². The molecular weight excluding hydrogens is 1610 g/mol. The molecule has 12 aromatic rings. The number of anilines is 4. The Balaban J connectivity index is 0.000000188. The highest BCUT2D eigenvalue weighted by Crippen LogP contribution is 2.41. The maximum atomic E-state index is 11.9. The van der Waals surface area contributed by atoms with Gasteiger partial charge in [-0.2, -0.15) is 43.9 Å². The van der Waals surface area contributed by atoms with Gasteiger partial charge in [-0.05, 0) is 189 Å². The summed E-state index contributed by atoms with van der Waals surface area (Å²) in [6.07, 6.45) is 8.25. The first-order valence-electron chi connectivity index (χ1n) is 36.4. The highest BCUT2D eigenvalue weighted by atomic mass is 32.2. The molecule has 0 saturated heterocycles. The van der Waals surface area contributed by atoms with Crippen LogP contribution in [-0.2, 0) is 40.5 Å². The molecule has 620 valence electrons. The molecule has 2 atom stereocenters. The third-order valence-corrected chi connectivity index (χ3v) is 21.3. The molecule has 34 heteroatoms. The highest BCUT2D eigenvalue weighted by molar-refractivity contribution is 7.87. The highest BCUT2D eigenvalue weighted by Gasteiger charge is 2.24. The van der Waals surface area contributed by atoms with Crippen molar-refractivity contribution < 1.29 is 62.1 Å². The smallest absolute Gasteiger partial charge is 0.295 e. The van der Waals surface area contributed by atoms with E-state index in [1.807, 2.05) is 230 Å². The van der Waals surface area contributed by atoms with Crippen LogP contribution in [-0.4, -0.2) is 92.0 Å². The number of phenols is 2. The Hall–Kier alpha value is -13.8. The van der Waals surface area contributed by atoms with E-state index in [1.54, 1.807) is 0 Å². The second-order valence-corrected chi connectivity index (χ2v) is 32.7. The molecule has 0 saturated carbocycles. The van der Waals surface area contributed by atoms with E-state index in [1.165, 1.54) is 24.3 Å². The number of nitrogens with zero attached hydrogens (tertiary/aromatic N) is 8. The van der Waals surface area contributed by atoms with Crippen molar-refractivity contribution in [3.63, 3.8) is 0 Å². The number of guanidine groups is 4. The Morgan fingerprint density at radius 1 is 0.325 bits per heavy atom. The number of nitrogens with one attached hydrogen (secondary N) is 4. The van der Waals surface area contributed by atoms with Crippen molar-refractivity contribution in [3.8, 4) is 11.5 Å². The van der Waals surface area contributed by atoms with Gasteiger partial charge in [0.2, 0.25) is 0 Å². The summed E-state index contributed by atoms with van der Waals surface area (Å²) >= 11 is 0. The molecule has 0 fully saturated rings. The number of allylic oxidation sites excluding steroid dienone is 2. The molecule has 0 amide bonds. The zero-order valence-corrected chi connectivity index (χ0v) is 69.3. The van der Waals surface area contributed by atoms with Crippen molar-refractivity contribution in [2.75, 3.05) is 21.3 Å². The summed E-state index contributed by atoms with van der Waals surface area (Å²) in [4.78, 5) is 14.4. The third kappa shape index (κ3) is 26.1. The number of fused-ring (bicyclic) bond motifs is 2. The number of aryl methyl sites for hydroxylation is 7. The Morgan fingerprint density at radius 3 is 0.925 bits per heavy atom. The van der Waals surface area contributed by atoms with Crippen molar-refractivity contribution in [2.45, 2.75) is 81.0 Å². The van der Waals surface area contributed by atoms with Gasteiger partial charge in [0.1, 0.15) is 32.7 Å². The topological polar surface area (TPSA) is 509 Å². The molecule has 2 unspecified atom stereocenters. The molecule has 1 aliphatic carbocycles. The van der Waals surface area contributed by atoms with Gasteiger partial charge in [-0.1, -0.05) is 171 Å². The van der Waals surface area contributed by atoms with Gasteiger partial charge < -0.3 is 54.4 Å². The summed E-state index contributed by atoms with van der Waals surface area (Å²) < 4.78 is 132.